The molecule has 3 nitrogen and oxygen atoms in total. The summed E-state index contributed by atoms with van der Waals surface area (Å²) in [4.78, 5) is 4.55. The van der Waals surface area contributed by atoms with E-state index in [-0.39, 0.29) is 6.10 Å². The summed E-state index contributed by atoms with van der Waals surface area (Å²) < 4.78 is 6.42. The van der Waals surface area contributed by atoms with Gasteiger partial charge in [0.05, 0.1) is 16.3 Å². The van der Waals surface area contributed by atoms with E-state index in [1.807, 2.05) is 25.1 Å². The lowest BCUT2D eigenvalue weighted by molar-refractivity contribution is 0.117. The van der Waals surface area contributed by atoms with Crippen LogP contribution < -0.4 is 5.32 Å². The molecule has 1 aromatic carbocycles. The number of aromatic nitrogens is 1. The molecular formula is C12H16N2OS. The largest absolute Gasteiger partial charge is 0.380 e. The van der Waals surface area contributed by atoms with Crippen LogP contribution in [0.15, 0.2) is 24.3 Å². The molecule has 16 heavy (non-hydrogen) atoms. The highest BCUT2D eigenvalue weighted by Gasteiger charge is 2.03. The van der Waals surface area contributed by atoms with Gasteiger partial charge in [-0.3, -0.25) is 0 Å². The van der Waals surface area contributed by atoms with E-state index in [0.29, 0.717) is 0 Å². The number of methoxy groups -OCH3 is 1. The van der Waals surface area contributed by atoms with Crippen molar-refractivity contribution in [1.82, 2.24) is 10.3 Å². The maximum absolute atomic E-state index is 5.17. The molecule has 1 atom stereocenters. The van der Waals surface area contributed by atoms with Crippen LogP contribution in [0.1, 0.15) is 11.9 Å². The third-order valence-electron chi connectivity index (χ3n) is 2.45. The molecule has 0 aliphatic carbocycles. The fourth-order valence-corrected chi connectivity index (χ4v) is 2.40. The van der Waals surface area contributed by atoms with E-state index in [1.54, 1.807) is 18.4 Å². The summed E-state index contributed by atoms with van der Waals surface area (Å²) in [6.45, 7) is 3.71. The van der Waals surface area contributed by atoms with Crippen molar-refractivity contribution in [1.29, 1.82) is 0 Å². The summed E-state index contributed by atoms with van der Waals surface area (Å²) in [5.74, 6) is 0. The van der Waals surface area contributed by atoms with Gasteiger partial charge in [0.2, 0.25) is 0 Å². The van der Waals surface area contributed by atoms with Gasteiger partial charge in [-0.2, -0.15) is 0 Å². The Labute approximate surface area is 99.5 Å². The minimum Gasteiger partial charge on any atom is -0.380 e. The normalized spacial score (nSPS) is 13.1. The highest BCUT2D eigenvalue weighted by Crippen LogP contribution is 2.21. The molecule has 0 spiro atoms. The Hall–Kier alpha value is -0.970. The lowest BCUT2D eigenvalue weighted by Gasteiger charge is -2.08. The van der Waals surface area contributed by atoms with Gasteiger partial charge in [0.25, 0.3) is 0 Å². The van der Waals surface area contributed by atoms with Crippen molar-refractivity contribution in [2.45, 2.75) is 19.6 Å². The van der Waals surface area contributed by atoms with Gasteiger partial charge < -0.3 is 10.1 Å². The van der Waals surface area contributed by atoms with Crippen LogP contribution in [0.5, 0.6) is 0 Å². The molecule has 1 unspecified atom stereocenters. The average molecular weight is 236 g/mol. The number of nitrogens with one attached hydrogen (secondary N) is 1. The summed E-state index contributed by atoms with van der Waals surface area (Å²) in [5.41, 5.74) is 1.09. The number of fused-ring (bicyclic) bond motifs is 1. The Kier molecular flexibility index (Phi) is 3.88. The van der Waals surface area contributed by atoms with Crippen molar-refractivity contribution in [3.05, 3.63) is 29.3 Å². The van der Waals surface area contributed by atoms with Gasteiger partial charge in [0.15, 0.2) is 0 Å². The Morgan fingerprint density at radius 2 is 2.25 bits per heavy atom. The topological polar surface area (TPSA) is 34.1 Å². The van der Waals surface area contributed by atoms with Crippen LogP contribution in [0.2, 0.25) is 0 Å². The van der Waals surface area contributed by atoms with E-state index in [0.717, 1.165) is 23.6 Å². The first-order valence-electron chi connectivity index (χ1n) is 5.37. The number of para-hydroxylation sites is 1. The second kappa shape index (κ2) is 5.39. The standard InChI is InChI=1S/C12H16N2OS/c1-9(15-2)7-13-8-12-14-10-5-3-4-6-11(10)16-12/h3-6,9,13H,7-8H2,1-2H3. The second-order valence-corrected chi connectivity index (χ2v) is 4.87. The summed E-state index contributed by atoms with van der Waals surface area (Å²) in [6.07, 6.45) is 0.245. The molecule has 2 rings (SSSR count). The maximum Gasteiger partial charge on any atom is 0.108 e. The van der Waals surface area contributed by atoms with Crippen LogP contribution in [-0.2, 0) is 11.3 Å². The molecular weight excluding hydrogens is 220 g/mol. The number of hydrogen-bond acceptors (Lipinski definition) is 4. The van der Waals surface area contributed by atoms with Gasteiger partial charge in [-0.05, 0) is 19.1 Å². The minimum absolute atomic E-state index is 0.245. The molecule has 0 amide bonds. The first kappa shape index (κ1) is 11.5. The fourth-order valence-electron chi connectivity index (χ4n) is 1.46. The van der Waals surface area contributed by atoms with Gasteiger partial charge >= 0.3 is 0 Å². The smallest absolute Gasteiger partial charge is 0.108 e. The van der Waals surface area contributed by atoms with Crippen LogP contribution in [0.3, 0.4) is 0 Å². The molecule has 4 heteroatoms. The monoisotopic (exact) mass is 236 g/mol. The molecule has 2 aromatic rings. The van der Waals surface area contributed by atoms with Crippen molar-refractivity contribution < 1.29 is 4.74 Å². The fraction of sp³-hybridized carbons (Fsp3) is 0.417. The second-order valence-electron chi connectivity index (χ2n) is 3.75. The van der Waals surface area contributed by atoms with E-state index in [1.165, 1.54) is 4.70 Å². The van der Waals surface area contributed by atoms with Gasteiger partial charge in [-0.25, -0.2) is 4.98 Å². The van der Waals surface area contributed by atoms with Crippen LogP contribution in [0.25, 0.3) is 10.2 Å². The van der Waals surface area contributed by atoms with Crippen LogP contribution >= 0.6 is 11.3 Å². The Balaban J connectivity index is 1.94. The zero-order chi connectivity index (χ0) is 11.4. The van der Waals surface area contributed by atoms with Crippen LogP contribution in [0.4, 0.5) is 0 Å². The third-order valence-corrected chi connectivity index (χ3v) is 3.48. The highest BCUT2D eigenvalue weighted by atomic mass is 32.1. The molecule has 1 aromatic heterocycles. The van der Waals surface area contributed by atoms with Crippen molar-refractivity contribution in [3.63, 3.8) is 0 Å². The average Bonchev–Trinajstić information content (AvgIpc) is 2.71. The van der Waals surface area contributed by atoms with Crippen molar-refractivity contribution >= 4 is 21.6 Å². The number of ether oxygens (including phenoxy) is 1. The van der Waals surface area contributed by atoms with Crippen molar-refractivity contribution in [3.8, 4) is 0 Å². The molecule has 1 N–H and O–H groups in total. The maximum atomic E-state index is 5.17. The Bertz CT molecular complexity index is 422. The van der Waals surface area contributed by atoms with Crippen LogP contribution in [0, 0.1) is 0 Å². The molecule has 0 radical (unpaired) electrons. The van der Waals surface area contributed by atoms with Gasteiger partial charge in [0, 0.05) is 20.2 Å². The van der Waals surface area contributed by atoms with Crippen molar-refractivity contribution in [2.24, 2.45) is 0 Å². The molecule has 1 heterocycles. The summed E-state index contributed by atoms with van der Waals surface area (Å²) in [5, 5.41) is 4.47. The SMILES string of the molecule is COC(C)CNCc1nc2ccccc2s1. The predicted octanol–water partition coefficient (Wildman–Crippen LogP) is 2.42. The van der Waals surface area contributed by atoms with E-state index in [9.17, 15) is 0 Å². The van der Waals surface area contributed by atoms with Gasteiger partial charge in [0.1, 0.15) is 5.01 Å². The number of benzene rings is 1. The third kappa shape index (κ3) is 2.78. The van der Waals surface area contributed by atoms with E-state index in [2.05, 4.69) is 16.4 Å². The zero-order valence-corrected chi connectivity index (χ0v) is 10.4. The Morgan fingerprint density at radius 3 is 3.00 bits per heavy atom. The molecule has 0 aliphatic heterocycles. The van der Waals surface area contributed by atoms with Gasteiger partial charge in [-0.1, -0.05) is 12.1 Å². The van der Waals surface area contributed by atoms with E-state index >= 15 is 0 Å². The Morgan fingerprint density at radius 1 is 1.44 bits per heavy atom. The van der Waals surface area contributed by atoms with Crippen LogP contribution in [-0.4, -0.2) is 24.7 Å². The first-order valence-corrected chi connectivity index (χ1v) is 6.19. The van der Waals surface area contributed by atoms with E-state index < -0.39 is 0 Å². The molecule has 0 aliphatic rings. The van der Waals surface area contributed by atoms with Gasteiger partial charge in [-0.15, -0.1) is 11.3 Å². The number of rotatable bonds is 5. The number of hydrogen-bond donors (Lipinski definition) is 1. The zero-order valence-electron chi connectivity index (χ0n) is 9.56. The van der Waals surface area contributed by atoms with Crippen molar-refractivity contribution in [2.75, 3.05) is 13.7 Å². The predicted molar refractivity (Wildman–Crippen MR) is 67.8 cm³/mol. The lowest BCUT2D eigenvalue weighted by atomic mass is 10.3. The molecule has 0 bridgehead atoms. The van der Waals surface area contributed by atoms with E-state index in [4.69, 9.17) is 4.74 Å². The first-order chi connectivity index (χ1) is 7.79. The highest BCUT2D eigenvalue weighted by molar-refractivity contribution is 7.18. The summed E-state index contributed by atoms with van der Waals surface area (Å²) in [7, 11) is 1.73. The number of nitrogens with zero attached hydrogens (tertiary/aromatic N) is 1. The minimum atomic E-state index is 0.245. The summed E-state index contributed by atoms with van der Waals surface area (Å²) >= 11 is 1.74. The molecule has 86 valence electrons. The molecule has 0 saturated heterocycles. The number of thiazole rings is 1. The quantitative estimate of drug-likeness (QED) is 0.865. The molecule has 0 fully saturated rings. The lowest BCUT2D eigenvalue weighted by Crippen LogP contribution is -2.25. The molecule has 0 saturated carbocycles. The summed E-state index contributed by atoms with van der Waals surface area (Å²) in [6, 6.07) is 8.22.